The van der Waals surface area contributed by atoms with Crippen molar-refractivity contribution in [2.75, 3.05) is 27.9 Å². The molecule has 5 nitrogen and oxygen atoms in total. The van der Waals surface area contributed by atoms with E-state index in [1.54, 1.807) is 21.3 Å². The van der Waals surface area contributed by atoms with Gasteiger partial charge in [-0.15, -0.1) is 0 Å². The maximum atomic E-state index is 6.47. The molecule has 2 heterocycles. The second-order valence-corrected chi connectivity index (χ2v) is 10.7. The second kappa shape index (κ2) is 14.4. The van der Waals surface area contributed by atoms with Crippen molar-refractivity contribution in [1.29, 1.82) is 0 Å². The van der Waals surface area contributed by atoms with Crippen LogP contribution in [0.25, 0.3) is 22.0 Å². The minimum absolute atomic E-state index is 0.717. The minimum atomic E-state index is 0.717. The van der Waals surface area contributed by atoms with Crippen LogP contribution in [0, 0.1) is 0 Å². The van der Waals surface area contributed by atoms with Gasteiger partial charge in [0.15, 0.2) is 35.7 Å². The maximum Gasteiger partial charge on any atom is 0.216 e. The first-order chi connectivity index (χ1) is 19.2. The number of pyridine rings is 1. The molecule has 0 bridgehead atoms. The molecule has 0 aliphatic carbocycles. The second-order valence-electron chi connectivity index (χ2n) is 10.7. The molecular formula is C34H48NO4+. The summed E-state index contributed by atoms with van der Waals surface area (Å²) in [5.74, 6) is 3.23. The van der Waals surface area contributed by atoms with Gasteiger partial charge in [0.2, 0.25) is 5.69 Å². The van der Waals surface area contributed by atoms with Crippen LogP contribution in [-0.2, 0) is 19.4 Å². The molecule has 0 saturated heterocycles. The van der Waals surface area contributed by atoms with E-state index < -0.39 is 0 Å². The molecule has 0 radical (unpaired) electrons. The third kappa shape index (κ3) is 6.62. The maximum absolute atomic E-state index is 6.47. The number of ether oxygens (including phenoxy) is 4. The molecule has 0 fully saturated rings. The van der Waals surface area contributed by atoms with E-state index in [0.717, 1.165) is 60.8 Å². The fourth-order valence-corrected chi connectivity index (χ4v) is 6.01. The SMILES string of the molecule is CCCCCCCCCCCCOc1c(OC)ccc2c(CC)c3[n+](cc12)CCc1cc(OC)c(OC)cc1-3. The Labute approximate surface area is 235 Å². The van der Waals surface area contributed by atoms with E-state index in [1.165, 1.54) is 85.6 Å². The Bertz CT molecular complexity index is 1240. The number of unbranched alkanes of at least 4 members (excludes halogenated alkanes) is 9. The van der Waals surface area contributed by atoms with Gasteiger partial charge in [0, 0.05) is 17.4 Å². The summed E-state index contributed by atoms with van der Waals surface area (Å²) in [6.07, 6.45) is 17.3. The van der Waals surface area contributed by atoms with E-state index in [2.05, 4.69) is 48.9 Å². The van der Waals surface area contributed by atoms with Gasteiger partial charge >= 0.3 is 0 Å². The molecule has 1 aromatic heterocycles. The highest BCUT2D eigenvalue weighted by Crippen LogP contribution is 2.42. The van der Waals surface area contributed by atoms with E-state index in [-0.39, 0.29) is 0 Å². The van der Waals surface area contributed by atoms with Crippen molar-refractivity contribution in [2.45, 2.75) is 97.4 Å². The first-order valence-electron chi connectivity index (χ1n) is 15.1. The third-order valence-electron chi connectivity index (χ3n) is 8.15. The third-order valence-corrected chi connectivity index (χ3v) is 8.15. The normalized spacial score (nSPS) is 12.2. The van der Waals surface area contributed by atoms with Crippen LogP contribution in [0.3, 0.4) is 0 Å². The Kier molecular flexibility index (Phi) is 10.8. The summed E-state index contributed by atoms with van der Waals surface area (Å²) in [7, 11) is 5.13. The van der Waals surface area contributed by atoms with E-state index in [4.69, 9.17) is 18.9 Å². The van der Waals surface area contributed by atoms with Crippen LogP contribution in [-0.4, -0.2) is 27.9 Å². The quantitative estimate of drug-likeness (QED) is 0.137. The Morgan fingerprint density at radius 3 is 2.00 bits per heavy atom. The zero-order valence-electron chi connectivity index (χ0n) is 24.9. The first-order valence-corrected chi connectivity index (χ1v) is 15.1. The molecule has 0 saturated carbocycles. The summed E-state index contributed by atoms with van der Waals surface area (Å²) in [6.45, 7) is 6.14. The van der Waals surface area contributed by atoms with E-state index in [0.29, 0.717) is 0 Å². The number of aryl methyl sites for hydroxylation is 3. The summed E-state index contributed by atoms with van der Waals surface area (Å²) in [5.41, 5.74) is 5.11. The van der Waals surface area contributed by atoms with Crippen LogP contribution in [0.1, 0.15) is 89.2 Å². The monoisotopic (exact) mass is 534 g/mol. The summed E-state index contributed by atoms with van der Waals surface area (Å²) < 4.78 is 25.9. The molecule has 212 valence electrons. The van der Waals surface area contributed by atoms with Gasteiger partial charge in [0.05, 0.1) is 38.9 Å². The molecule has 0 spiro atoms. The van der Waals surface area contributed by atoms with Crippen molar-refractivity contribution in [2.24, 2.45) is 0 Å². The smallest absolute Gasteiger partial charge is 0.216 e. The van der Waals surface area contributed by atoms with Gasteiger partial charge in [0.25, 0.3) is 0 Å². The van der Waals surface area contributed by atoms with Crippen molar-refractivity contribution < 1.29 is 23.5 Å². The lowest BCUT2D eigenvalue weighted by Gasteiger charge is -2.22. The topological polar surface area (TPSA) is 40.8 Å². The predicted molar refractivity (Wildman–Crippen MR) is 160 cm³/mol. The van der Waals surface area contributed by atoms with E-state index in [9.17, 15) is 0 Å². The Balaban J connectivity index is 1.53. The van der Waals surface area contributed by atoms with Gasteiger partial charge in [-0.1, -0.05) is 71.6 Å². The number of rotatable bonds is 16. The van der Waals surface area contributed by atoms with Crippen molar-refractivity contribution in [3.8, 4) is 34.3 Å². The van der Waals surface area contributed by atoms with Crippen LogP contribution < -0.4 is 23.5 Å². The molecule has 39 heavy (non-hydrogen) atoms. The average molecular weight is 535 g/mol. The molecule has 5 heteroatoms. The zero-order valence-corrected chi connectivity index (χ0v) is 24.9. The number of methoxy groups -OCH3 is 3. The molecule has 0 amide bonds. The molecule has 4 rings (SSSR count). The van der Waals surface area contributed by atoms with Crippen molar-refractivity contribution >= 4 is 10.8 Å². The number of nitrogens with zero attached hydrogens (tertiary/aromatic N) is 1. The van der Waals surface area contributed by atoms with Crippen LogP contribution in [0.15, 0.2) is 30.5 Å². The molecule has 3 aromatic rings. The number of hydrogen-bond donors (Lipinski definition) is 0. The molecule has 1 aliphatic heterocycles. The Hall–Kier alpha value is -2.95. The highest BCUT2D eigenvalue weighted by atomic mass is 16.5. The molecular weight excluding hydrogens is 486 g/mol. The number of fused-ring (bicyclic) bond motifs is 4. The summed E-state index contributed by atoms with van der Waals surface area (Å²) in [5, 5.41) is 2.36. The fraction of sp³-hybridized carbons (Fsp3) is 0.559. The molecule has 2 aromatic carbocycles. The van der Waals surface area contributed by atoms with Crippen LogP contribution >= 0.6 is 0 Å². The van der Waals surface area contributed by atoms with Crippen LogP contribution in [0.5, 0.6) is 23.0 Å². The lowest BCUT2D eigenvalue weighted by molar-refractivity contribution is -0.686. The largest absolute Gasteiger partial charge is 0.493 e. The van der Waals surface area contributed by atoms with Gasteiger partial charge in [-0.05, 0) is 42.7 Å². The Morgan fingerprint density at radius 1 is 0.718 bits per heavy atom. The highest BCUT2D eigenvalue weighted by molar-refractivity contribution is 5.95. The van der Waals surface area contributed by atoms with Gasteiger partial charge in [-0.2, -0.15) is 4.57 Å². The molecule has 1 aliphatic rings. The minimum Gasteiger partial charge on any atom is -0.493 e. The highest BCUT2D eigenvalue weighted by Gasteiger charge is 2.30. The lowest BCUT2D eigenvalue weighted by Crippen LogP contribution is -2.41. The number of hydrogen-bond acceptors (Lipinski definition) is 4. The standard InChI is InChI=1S/C34H48NO4/c1-6-8-9-10-11-12-13-14-15-16-21-39-34-29-24-35-20-19-25-22-31(37-4)32(38-5)23-28(25)33(35)26(7-2)27(29)17-18-30(34)36-3/h17-18,22-24H,6-16,19-21H2,1-5H3/q+1. The molecule has 0 atom stereocenters. The van der Waals surface area contributed by atoms with E-state index >= 15 is 0 Å². The van der Waals surface area contributed by atoms with Crippen LogP contribution in [0.2, 0.25) is 0 Å². The summed E-state index contributed by atoms with van der Waals surface area (Å²) >= 11 is 0. The van der Waals surface area contributed by atoms with Crippen molar-refractivity contribution in [3.63, 3.8) is 0 Å². The average Bonchev–Trinajstić information content (AvgIpc) is 2.97. The van der Waals surface area contributed by atoms with Crippen LogP contribution in [0.4, 0.5) is 0 Å². The summed E-state index contributed by atoms with van der Waals surface area (Å²) in [4.78, 5) is 0. The molecule has 0 N–H and O–H groups in total. The predicted octanol–water partition coefficient (Wildman–Crippen LogP) is 8.24. The van der Waals surface area contributed by atoms with E-state index in [1.807, 2.05) is 0 Å². The van der Waals surface area contributed by atoms with Gasteiger partial charge in [-0.25, -0.2) is 0 Å². The molecule has 0 unspecified atom stereocenters. The Morgan fingerprint density at radius 2 is 1.36 bits per heavy atom. The fourth-order valence-electron chi connectivity index (χ4n) is 6.01. The first kappa shape index (κ1) is 29.0. The summed E-state index contributed by atoms with van der Waals surface area (Å²) in [6, 6.07) is 8.52. The zero-order chi connectivity index (χ0) is 27.6. The van der Waals surface area contributed by atoms with Crippen molar-refractivity contribution in [3.05, 3.63) is 41.6 Å². The van der Waals surface area contributed by atoms with Gasteiger partial charge in [0.1, 0.15) is 0 Å². The lowest BCUT2D eigenvalue weighted by atomic mass is 9.90. The van der Waals surface area contributed by atoms with Crippen molar-refractivity contribution in [1.82, 2.24) is 0 Å². The van der Waals surface area contributed by atoms with Gasteiger partial charge in [-0.3, -0.25) is 0 Å². The number of benzene rings is 2. The number of aromatic nitrogens is 1. The van der Waals surface area contributed by atoms with Gasteiger partial charge < -0.3 is 18.9 Å².